The van der Waals surface area contributed by atoms with Crippen LogP contribution in [0.2, 0.25) is 0 Å². The predicted octanol–water partition coefficient (Wildman–Crippen LogP) is 5.65. The predicted molar refractivity (Wildman–Crippen MR) is 125 cm³/mol. The molecular formula is C25H29N3OS. The van der Waals surface area contributed by atoms with Gasteiger partial charge in [-0.05, 0) is 62.5 Å². The van der Waals surface area contributed by atoms with E-state index in [-0.39, 0.29) is 11.8 Å². The van der Waals surface area contributed by atoms with E-state index >= 15 is 0 Å². The number of likely N-dealkylation sites (tertiary alicyclic amines) is 1. The molecule has 2 heterocycles. The van der Waals surface area contributed by atoms with Gasteiger partial charge in [0.25, 0.3) is 0 Å². The van der Waals surface area contributed by atoms with E-state index in [1.807, 2.05) is 35.2 Å². The fraction of sp³-hybridized carbons (Fsp3) is 0.360. The molecule has 4 rings (SSSR count). The maximum atomic E-state index is 12.8. The maximum absolute atomic E-state index is 12.8. The summed E-state index contributed by atoms with van der Waals surface area (Å²) in [6, 6.07) is 18.7. The third-order valence-electron chi connectivity index (χ3n) is 6.06. The molecule has 30 heavy (non-hydrogen) atoms. The number of piperidine rings is 1. The molecule has 1 aromatic heterocycles. The molecule has 3 aromatic rings. The Bertz CT molecular complexity index is 934. The van der Waals surface area contributed by atoms with E-state index < -0.39 is 0 Å². The van der Waals surface area contributed by atoms with Gasteiger partial charge in [0, 0.05) is 22.5 Å². The second-order valence-corrected chi connectivity index (χ2v) is 8.88. The van der Waals surface area contributed by atoms with Crippen LogP contribution in [0.25, 0.3) is 11.3 Å². The zero-order chi connectivity index (χ0) is 20.8. The van der Waals surface area contributed by atoms with Gasteiger partial charge in [-0.1, -0.05) is 49.4 Å². The van der Waals surface area contributed by atoms with Crippen LogP contribution in [0.1, 0.15) is 37.7 Å². The van der Waals surface area contributed by atoms with Crippen LogP contribution in [0.5, 0.6) is 0 Å². The number of aromatic nitrogens is 1. The molecule has 1 atom stereocenters. The number of nitrogens with zero attached hydrogens (tertiary/aromatic N) is 2. The molecule has 0 spiro atoms. The zero-order valence-corrected chi connectivity index (χ0v) is 18.3. The third kappa shape index (κ3) is 5.35. The fourth-order valence-electron chi connectivity index (χ4n) is 4.10. The van der Waals surface area contributed by atoms with Gasteiger partial charge in [0.05, 0.1) is 11.2 Å². The molecule has 1 aliphatic heterocycles. The minimum absolute atomic E-state index is 0.0933. The molecule has 4 nitrogen and oxygen atoms in total. The monoisotopic (exact) mass is 419 g/mol. The standard InChI is InChI=1S/C25H29N3OS/c1-19(20-6-3-2-4-7-20)10-13-28-14-11-21(12-15-28)25(29)27-23-9-5-8-22(16-23)24-17-30-18-26-24/h2-9,16-19,21H,10-15H2,1H3,(H,27,29)/t19-/m1/s1. The van der Waals surface area contributed by atoms with E-state index in [0.717, 1.165) is 55.8 Å². The second-order valence-electron chi connectivity index (χ2n) is 8.16. The van der Waals surface area contributed by atoms with Crippen LogP contribution in [0, 0.1) is 5.92 Å². The van der Waals surface area contributed by atoms with Gasteiger partial charge in [-0.3, -0.25) is 4.79 Å². The largest absolute Gasteiger partial charge is 0.326 e. The average molecular weight is 420 g/mol. The van der Waals surface area contributed by atoms with E-state index in [4.69, 9.17) is 0 Å². The molecule has 5 heteroatoms. The zero-order valence-electron chi connectivity index (χ0n) is 17.5. The lowest BCUT2D eigenvalue weighted by Gasteiger charge is -2.32. The minimum Gasteiger partial charge on any atom is -0.326 e. The summed E-state index contributed by atoms with van der Waals surface area (Å²) in [6.45, 7) is 5.40. The van der Waals surface area contributed by atoms with Gasteiger partial charge < -0.3 is 10.2 Å². The van der Waals surface area contributed by atoms with Crippen LogP contribution < -0.4 is 5.32 Å². The van der Waals surface area contributed by atoms with Crippen molar-refractivity contribution in [2.45, 2.75) is 32.1 Å². The van der Waals surface area contributed by atoms with Crippen molar-refractivity contribution in [1.29, 1.82) is 0 Å². The number of nitrogens with one attached hydrogen (secondary N) is 1. The topological polar surface area (TPSA) is 45.2 Å². The molecule has 1 N–H and O–H groups in total. The Labute approximate surface area is 183 Å². The molecule has 0 saturated carbocycles. The highest BCUT2D eigenvalue weighted by molar-refractivity contribution is 7.07. The van der Waals surface area contributed by atoms with Gasteiger partial charge >= 0.3 is 0 Å². The number of anilines is 1. The number of carbonyl (C=O) groups excluding carboxylic acids is 1. The Morgan fingerprint density at radius 2 is 1.97 bits per heavy atom. The quantitative estimate of drug-likeness (QED) is 0.538. The van der Waals surface area contributed by atoms with Gasteiger partial charge in [0.1, 0.15) is 0 Å². The van der Waals surface area contributed by atoms with Gasteiger partial charge in [-0.25, -0.2) is 4.98 Å². The summed E-state index contributed by atoms with van der Waals surface area (Å²) in [7, 11) is 0. The average Bonchev–Trinajstić information content (AvgIpc) is 3.34. The number of thiazole rings is 1. The summed E-state index contributed by atoms with van der Waals surface area (Å²) in [5.74, 6) is 0.802. The van der Waals surface area contributed by atoms with Gasteiger partial charge in [-0.2, -0.15) is 0 Å². The van der Waals surface area contributed by atoms with Crippen molar-refractivity contribution in [1.82, 2.24) is 9.88 Å². The molecule has 0 unspecified atom stereocenters. The van der Waals surface area contributed by atoms with Crippen molar-refractivity contribution in [2.24, 2.45) is 5.92 Å². The lowest BCUT2D eigenvalue weighted by molar-refractivity contribution is -0.121. The van der Waals surface area contributed by atoms with E-state index in [1.54, 1.807) is 11.3 Å². The summed E-state index contributed by atoms with van der Waals surface area (Å²) in [5.41, 5.74) is 6.08. The summed E-state index contributed by atoms with van der Waals surface area (Å²) in [6.07, 6.45) is 3.01. The molecule has 1 saturated heterocycles. The fourth-order valence-corrected chi connectivity index (χ4v) is 4.66. The first-order valence-electron chi connectivity index (χ1n) is 10.8. The lowest BCUT2D eigenvalue weighted by atomic mass is 9.94. The Balaban J connectivity index is 1.24. The van der Waals surface area contributed by atoms with Crippen molar-refractivity contribution >= 4 is 22.9 Å². The highest BCUT2D eigenvalue weighted by Gasteiger charge is 2.25. The van der Waals surface area contributed by atoms with E-state index in [2.05, 4.69) is 52.5 Å². The Morgan fingerprint density at radius 3 is 2.70 bits per heavy atom. The highest BCUT2D eigenvalue weighted by atomic mass is 32.1. The van der Waals surface area contributed by atoms with Crippen molar-refractivity contribution in [3.63, 3.8) is 0 Å². The van der Waals surface area contributed by atoms with E-state index in [9.17, 15) is 4.79 Å². The number of hydrogen-bond donors (Lipinski definition) is 1. The van der Waals surface area contributed by atoms with E-state index in [1.165, 1.54) is 5.56 Å². The van der Waals surface area contributed by atoms with Gasteiger partial charge in [0.15, 0.2) is 0 Å². The number of rotatable bonds is 7. The molecule has 1 amide bonds. The number of carbonyl (C=O) groups is 1. The van der Waals surface area contributed by atoms with Crippen LogP contribution >= 0.6 is 11.3 Å². The SMILES string of the molecule is C[C@H](CCN1CCC(C(=O)Nc2cccc(-c3cscn3)c2)CC1)c1ccccc1. The maximum Gasteiger partial charge on any atom is 0.227 e. The van der Waals surface area contributed by atoms with Gasteiger partial charge in [-0.15, -0.1) is 11.3 Å². The Morgan fingerprint density at radius 1 is 1.17 bits per heavy atom. The number of hydrogen-bond acceptors (Lipinski definition) is 4. The van der Waals surface area contributed by atoms with Crippen molar-refractivity contribution in [3.05, 3.63) is 71.1 Å². The van der Waals surface area contributed by atoms with Crippen molar-refractivity contribution in [2.75, 3.05) is 25.0 Å². The summed E-state index contributed by atoms with van der Waals surface area (Å²) in [5, 5.41) is 5.14. The molecule has 0 aliphatic carbocycles. The molecule has 0 radical (unpaired) electrons. The Kier molecular flexibility index (Phi) is 6.92. The minimum atomic E-state index is 0.0933. The molecule has 2 aromatic carbocycles. The van der Waals surface area contributed by atoms with Crippen molar-refractivity contribution in [3.8, 4) is 11.3 Å². The highest BCUT2D eigenvalue weighted by Crippen LogP contribution is 2.25. The molecule has 156 valence electrons. The van der Waals surface area contributed by atoms with Crippen LogP contribution in [0.4, 0.5) is 5.69 Å². The molecule has 0 bridgehead atoms. The van der Waals surface area contributed by atoms with Gasteiger partial charge in [0.2, 0.25) is 5.91 Å². The molecule has 1 fully saturated rings. The molecular weight excluding hydrogens is 390 g/mol. The van der Waals surface area contributed by atoms with Crippen molar-refractivity contribution < 1.29 is 4.79 Å². The molecule has 1 aliphatic rings. The first kappa shape index (κ1) is 20.8. The number of amides is 1. The van der Waals surface area contributed by atoms with Crippen LogP contribution in [0.3, 0.4) is 0 Å². The summed E-state index contributed by atoms with van der Waals surface area (Å²) < 4.78 is 0. The van der Waals surface area contributed by atoms with Crippen LogP contribution in [-0.2, 0) is 4.79 Å². The summed E-state index contributed by atoms with van der Waals surface area (Å²) >= 11 is 1.58. The smallest absolute Gasteiger partial charge is 0.227 e. The third-order valence-corrected chi connectivity index (χ3v) is 6.65. The van der Waals surface area contributed by atoms with Crippen LogP contribution in [0.15, 0.2) is 65.5 Å². The first-order chi connectivity index (χ1) is 14.7. The normalized spacial score (nSPS) is 16.3. The van der Waals surface area contributed by atoms with E-state index in [0.29, 0.717) is 5.92 Å². The second kappa shape index (κ2) is 10.0. The van der Waals surface area contributed by atoms with Crippen LogP contribution in [-0.4, -0.2) is 35.4 Å². The summed E-state index contributed by atoms with van der Waals surface area (Å²) in [4.78, 5) is 19.6. The lowest BCUT2D eigenvalue weighted by Crippen LogP contribution is -2.38. The Hall–Kier alpha value is -2.50. The number of benzene rings is 2. The first-order valence-corrected chi connectivity index (χ1v) is 11.7.